The third kappa shape index (κ3) is 4.53. The van der Waals surface area contributed by atoms with E-state index in [0.717, 1.165) is 42.1 Å². The van der Waals surface area contributed by atoms with Crippen molar-refractivity contribution >= 4 is 17.3 Å². The number of carbonyl (C=O) groups is 1. The minimum atomic E-state index is 0.0489. The zero-order valence-corrected chi connectivity index (χ0v) is 15.0. The van der Waals surface area contributed by atoms with E-state index in [1.807, 2.05) is 30.3 Å². The molecule has 0 saturated carbocycles. The number of carbonyl (C=O) groups excluding carboxylic acids is 1. The van der Waals surface area contributed by atoms with Crippen molar-refractivity contribution in [3.05, 3.63) is 53.6 Å². The zero-order valence-electron chi connectivity index (χ0n) is 15.0. The van der Waals surface area contributed by atoms with Crippen molar-refractivity contribution in [1.29, 1.82) is 0 Å². The fraction of sp³-hybridized carbons (Fsp3) is 0.381. The van der Waals surface area contributed by atoms with Gasteiger partial charge in [-0.3, -0.25) is 4.79 Å². The molecule has 1 N–H and O–H groups in total. The highest BCUT2D eigenvalue weighted by Crippen LogP contribution is 2.25. The van der Waals surface area contributed by atoms with Crippen LogP contribution in [0.1, 0.15) is 30.4 Å². The van der Waals surface area contributed by atoms with Crippen molar-refractivity contribution in [3.63, 3.8) is 0 Å². The molecular weight excluding hydrogens is 312 g/mol. The lowest BCUT2D eigenvalue weighted by molar-refractivity contribution is -0.116. The number of amides is 1. The number of anilines is 2. The molecule has 1 fully saturated rings. The molecule has 3 rings (SSSR count). The molecule has 132 valence electrons. The van der Waals surface area contributed by atoms with Crippen LogP contribution >= 0.6 is 0 Å². The van der Waals surface area contributed by atoms with Crippen LogP contribution in [0.25, 0.3) is 0 Å². The van der Waals surface area contributed by atoms with Gasteiger partial charge in [-0.2, -0.15) is 0 Å². The molecule has 25 heavy (non-hydrogen) atoms. The van der Waals surface area contributed by atoms with E-state index in [1.165, 1.54) is 18.5 Å². The molecule has 1 heterocycles. The second kappa shape index (κ2) is 8.06. The van der Waals surface area contributed by atoms with Gasteiger partial charge in [0.15, 0.2) is 0 Å². The highest BCUT2D eigenvalue weighted by atomic mass is 16.5. The average Bonchev–Trinajstić information content (AvgIpc) is 3.17. The van der Waals surface area contributed by atoms with Gasteiger partial charge in [-0.05, 0) is 67.6 Å². The normalized spacial score (nSPS) is 13.8. The molecule has 2 aromatic rings. The van der Waals surface area contributed by atoms with E-state index in [1.54, 1.807) is 7.11 Å². The second-order valence-electron chi connectivity index (χ2n) is 6.59. The Morgan fingerprint density at radius 1 is 1.12 bits per heavy atom. The van der Waals surface area contributed by atoms with Gasteiger partial charge in [-0.1, -0.05) is 12.1 Å². The molecule has 1 aliphatic rings. The van der Waals surface area contributed by atoms with Crippen LogP contribution in [0.4, 0.5) is 11.4 Å². The summed E-state index contributed by atoms with van der Waals surface area (Å²) in [6.45, 7) is 4.32. The molecule has 4 nitrogen and oxygen atoms in total. The molecule has 0 unspecified atom stereocenters. The molecule has 0 atom stereocenters. The number of ether oxygens (including phenoxy) is 1. The molecular formula is C21H26N2O2. The summed E-state index contributed by atoms with van der Waals surface area (Å²) in [6, 6.07) is 14.2. The fourth-order valence-corrected chi connectivity index (χ4v) is 3.22. The molecule has 0 bridgehead atoms. The zero-order chi connectivity index (χ0) is 17.6. The maximum Gasteiger partial charge on any atom is 0.224 e. The van der Waals surface area contributed by atoms with Crippen molar-refractivity contribution in [3.8, 4) is 5.75 Å². The minimum absolute atomic E-state index is 0.0489. The first kappa shape index (κ1) is 17.3. The van der Waals surface area contributed by atoms with Crippen molar-refractivity contribution < 1.29 is 9.53 Å². The van der Waals surface area contributed by atoms with Crippen LogP contribution < -0.4 is 15.0 Å². The van der Waals surface area contributed by atoms with Crippen molar-refractivity contribution in [2.24, 2.45) is 0 Å². The SMILES string of the molecule is COc1ccc(CCC(=O)Nc2ccc(N3CCCC3)cc2C)cc1. The third-order valence-corrected chi connectivity index (χ3v) is 4.76. The average molecular weight is 338 g/mol. The molecule has 0 aromatic heterocycles. The van der Waals surface area contributed by atoms with Gasteiger partial charge in [0, 0.05) is 30.9 Å². The highest BCUT2D eigenvalue weighted by molar-refractivity contribution is 5.91. The predicted octanol–water partition coefficient (Wildman–Crippen LogP) is 4.18. The Hall–Kier alpha value is -2.49. The van der Waals surface area contributed by atoms with E-state index in [0.29, 0.717) is 6.42 Å². The van der Waals surface area contributed by atoms with Gasteiger partial charge in [0.2, 0.25) is 5.91 Å². The molecule has 0 aliphatic carbocycles. The van der Waals surface area contributed by atoms with E-state index < -0.39 is 0 Å². The summed E-state index contributed by atoms with van der Waals surface area (Å²) in [4.78, 5) is 14.7. The summed E-state index contributed by atoms with van der Waals surface area (Å²) < 4.78 is 5.15. The fourth-order valence-electron chi connectivity index (χ4n) is 3.22. The summed E-state index contributed by atoms with van der Waals surface area (Å²) in [6.07, 6.45) is 3.73. The second-order valence-corrected chi connectivity index (χ2v) is 6.59. The molecule has 0 radical (unpaired) electrons. The first-order valence-electron chi connectivity index (χ1n) is 8.94. The van der Waals surface area contributed by atoms with Crippen LogP contribution in [0.15, 0.2) is 42.5 Å². The first-order valence-corrected chi connectivity index (χ1v) is 8.94. The number of methoxy groups -OCH3 is 1. The lowest BCUT2D eigenvalue weighted by Crippen LogP contribution is -2.18. The van der Waals surface area contributed by atoms with E-state index >= 15 is 0 Å². The van der Waals surface area contributed by atoms with Gasteiger partial charge in [-0.15, -0.1) is 0 Å². The number of nitrogens with one attached hydrogen (secondary N) is 1. The number of benzene rings is 2. The molecule has 2 aromatic carbocycles. The van der Waals surface area contributed by atoms with Crippen LogP contribution in [0.2, 0.25) is 0 Å². The maximum absolute atomic E-state index is 12.3. The largest absolute Gasteiger partial charge is 0.497 e. The van der Waals surface area contributed by atoms with Crippen molar-refractivity contribution in [1.82, 2.24) is 0 Å². The van der Waals surface area contributed by atoms with Crippen LogP contribution in [-0.4, -0.2) is 26.1 Å². The Labute approximate surface area is 149 Å². The van der Waals surface area contributed by atoms with Crippen molar-refractivity contribution in [2.75, 3.05) is 30.4 Å². The Morgan fingerprint density at radius 3 is 2.48 bits per heavy atom. The number of nitrogens with zero attached hydrogens (tertiary/aromatic N) is 1. The minimum Gasteiger partial charge on any atom is -0.497 e. The summed E-state index contributed by atoms with van der Waals surface area (Å²) in [5, 5.41) is 3.04. The first-order chi connectivity index (χ1) is 12.2. The smallest absolute Gasteiger partial charge is 0.224 e. The van der Waals surface area contributed by atoms with E-state index in [2.05, 4.69) is 29.3 Å². The van der Waals surface area contributed by atoms with Crippen LogP contribution in [0, 0.1) is 6.92 Å². The summed E-state index contributed by atoms with van der Waals surface area (Å²) in [7, 11) is 1.65. The van der Waals surface area contributed by atoms with Gasteiger partial charge in [0.25, 0.3) is 0 Å². The van der Waals surface area contributed by atoms with E-state index in [-0.39, 0.29) is 5.91 Å². The summed E-state index contributed by atoms with van der Waals surface area (Å²) in [5.74, 6) is 0.884. The highest BCUT2D eigenvalue weighted by Gasteiger charge is 2.13. The maximum atomic E-state index is 12.3. The van der Waals surface area contributed by atoms with Crippen LogP contribution in [0.5, 0.6) is 5.75 Å². The lowest BCUT2D eigenvalue weighted by Gasteiger charge is -2.19. The van der Waals surface area contributed by atoms with Gasteiger partial charge in [0.1, 0.15) is 5.75 Å². The number of aryl methyl sites for hydroxylation is 2. The van der Waals surface area contributed by atoms with E-state index in [4.69, 9.17) is 4.74 Å². The van der Waals surface area contributed by atoms with E-state index in [9.17, 15) is 4.79 Å². The Balaban J connectivity index is 1.54. The Kier molecular flexibility index (Phi) is 5.59. The Bertz CT molecular complexity index is 719. The quantitative estimate of drug-likeness (QED) is 0.859. The lowest BCUT2D eigenvalue weighted by atomic mass is 10.1. The predicted molar refractivity (Wildman–Crippen MR) is 103 cm³/mol. The monoisotopic (exact) mass is 338 g/mol. The Morgan fingerprint density at radius 2 is 1.84 bits per heavy atom. The van der Waals surface area contributed by atoms with Crippen molar-refractivity contribution in [2.45, 2.75) is 32.6 Å². The third-order valence-electron chi connectivity index (χ3n) is 4.76. The number of hydrogen-bond donors (Lipinski definition) is 1. The molecule has 1 aliphatic heterocycles. The summed E-state index contributed by atoms with van der Waals surface area (Å²) >= 11 is 0. The standard InChI is InChI=1S/C21H26N2O2/c1-16-15-18(23-13-3-4-14-23)8-11-20(16)22-21(24)12-7-17-5-9-19(25-2)10-6-17/h5-6,8-11,15H,3-4,7,12-14H2,1-2H3,(H,22,24). The van der Waals surface area contributed by atoms with Gasteiger partial charge >= 0.3 is 0 Å². The summed E-state index contributed by atoms with van der Waals surface area (Å²) in [5.41, 5.74) is 4.41. The molecule has 1 amide bonds. The van der Waals surface area contributed by atoms with Crippen LogP contribution in [0.3, 0.4) is 0 Å². The number of rotatable bonds is 6. The molecule has 1 saturated heterocycles. The molecule has 4 heteroatoms. The van der Waals surface area contributed by atoms with Gasteiger partial charge < -0.3 is 15.0 Å². The van der Waals surface area contributed by atoms with Gasteiger partial charge in [-0.25, -0.2) is 0 Å². The van der Waals surface area contributed by atoms with Crippen LogP contribution in [-0.2, 0) is 11.2 Å². The van der Waals surface area contributed by atoms with Gasteiger partial charge in [0.05, 0.1) is 7.11 Å². The molecule has 0 spiro atoms. The number of hydrogen-bond acceptors (Lipinski definition) is 3. The topological polar surface area (TPSA) is 41.6 Å².